The first kappa shape index (κ1) is 48.5. The molecule has 338 valence electrons. The van der Waals surface area contributed by atoms with Gasteiger partial charge in [0.2, 0.25) is 5.69 Å². The molecule has 3 N–H and O–H groups in total. The van der Waals surface area contributed by atoms with Crippen molar-refractivity contribution in [2.24, 2.45) is 0 Å². The molecule has 3 heterocycles. The van der Waals surface area contributed by atoms with Crippen LogP contribution in [0.1, 0.15) is 83.3 Å². The zero-order valence-corrected chi connectivity index (χ0v) is 37.8. The molecule has 2 aromatic rings. The van der Waals surface area contributed by atoms with Crippen molar-refractivity contribution in [1.82, 2.24) is 5.06 Å². The van der Waals surface area contributed by atoms with Crippen LogP contribution in [-0.4, -0.2) is 111 Å². The molecule has 2 amide bonds. The van der Waals surface area contributed by atoms with Gasteiger partial charge in [0.25, 0.3) is 42.2 Å². The van der Waals surface area contributed by atoms with Crippen LogP contribution in [0.4, 0.5) is 11.4 Å². The van der Waals surface area contributed by atoms with Crippen LogP contribution in [-0.2, 0) is 70.2 Å². The number of carbonyl (C=O) groups is 3. The number of sulfone groups is 1. The van der Waals surface area contributed by atoms with Crippen molar-refractivity contribution in [3.05, 3.63) is 83.6 Å². The first-order valence-corrected chi connectivity index (χ1v) is 26.2. The fourth-order valence-electron chi connectivity index (χ4n) is 8.32. The number of fused-ring (bicyclic) bond motifs is 2. The van der Waals surface area contributed by atoms with Crippen LogP contribution in [0.5, 0.6) is 0 Å². The minimum Gasteiger partial charge on any atom is -0.344 e. The molecule has 2 atom stereocenters. The number of nitrogens with zero attached hydrogens (tertiary/aromatic N) is 3. The zero-order chi connectivity index (χ0) is 46.1. The normalized spacial score (nSPS) is 21.6. The maximum atomic E-state index is 12.8. The van der Waals surface area contributed by atoms with Crippen LogP contribution in [0.2, 0.25) is 0 Å². The molecule has 0 spiro atoms. The van der Waals surface area contributed by atoms with Gasteiger partial charge in [-0.1, -0.05) is 18.2 Å². The summed E-state index contributed by atoms with van der Waals surface area (Å²) in [6.45, 7) is 6.00. The van der Waals surface area contributed by atoms with Gasteiger partial charge in [-0.15, -0.1) is 5.06 Å². The highest BCUT2D eigenvalue weighted by molar-refractivity contribution is 7.90. The average Bonchev–Trinajstić information content (AvgIpc) is 3.68. The molecule has 1 saturated heterocycles. The molecule has 18 nitrogen and oxygen atoms in total. The van der Waals surface area contributed by atoms with Crippen LogP contribution in [0.15, 0.2) is 82.3 Å². The highest BCUT2D eigenvalue weighted by Crippen LogP contribution is 2.51. The Labute approximate surface area is 361 Å². The minimum absolute atomic E-state index is 0.0154. The van der Waals surface area contributed by atoms with Crippen molar-refractivity contribution in [3.8, 4) is 0 Å². The van der Waals surface area contributed by atoms with Gasteiger partial charge in [0.15, 0.2) is 15.5 Å². The lowest BCUT2D eigenvalue weighted by Gasteiger charge is -2.30. The van der Waals surface area contributed by atoms with Gasteiger partial charge in [0, 0.05) is 73.0 Å². The summed E-state index contributed by atoms with van der Waals surface area (Å²) in [4.78, 5) is 43.5. The van der Waals surface area contributed by atoms with Gasteiger partial charge in [-0.25, -0.2) is 13.2 Å². The van der Waals surface area contributed by atoms with Crippen LogP contribution in [0, 0.1) is 0 Å². The van der Waals surface area contributed by atoms with Crippen LogP contribution in [0.25, 0.3) is 0 Å². The number of hydroxylamine groups is 2. The first-order chi connectivity index (χ1) is 28.7. The molecule has 1 fully saturated rings. The summed E-state index contributed by atoms with van der Waals surface area (Å²) in [7, 11) is -17.0. The van der Waals surface area contributed by atoms with Crippen LogP contribution >= 0.6 is 0 Å². The van der Waals surface area contributed by atoms with Crippen molar-refractivity contribution in [2.75, 3.05) is 35.8 Å². The molecular formula is C40H50N3O15S4+. The Morgan fingerprint density at radius 2 is 1.39 bits per heavy atom. The highest BCUT2D eigenvalue weighted by atomic mass is 32.2. The number of likely N-dealkylation sites (N-methyl/N-ethyl adjacent to an activating group) is 1. The molecule has 0 aliphatic carbocycles. The van der Waals surface area contributed by atoms with E-state index in [1.807, 2.05) is 18.7 Å². The molecule has 0 saturated carbocycles. The Morgan fingerprint density at radius 1 is 0.790 bits per heavy atom. The smallest absolute Gasteiger partial charge is 0.333 e. The average molecular weight is 941 g/mol. The third-order valence-corrected chi connectivity index (χ3v) is 14.9. The lowest BCUT2D eigenvalue weighted by Crippen LogP contribution is -2.33. The maximum Gasteiger partial charge on any atom is 0.333 e. The Kier molecular flexibility index (Phi) is 14.3. The summed E-state index contributed by atoms with van der Waals surface area (Å²) in [6.07, 6.45) is 9.79. The Balaban J connectivity index is 1.54. The van der Waals surface area contributed by atoms with E-state index in [-0.39, 0.29) is 67.7 Å². The molecule has 2 aromatic carbocycles. The topological polar surface area (TPSA) is 267 Å². The van der Waals surface area contributed by atoms with E-state index >= 15 is 0 Å². The van der Waals surface area contributed by atoms with E-state index in [0.717, 1.165) is 6.26 Å². The van der Waals surface area contributed by atoms with E-state index in [9.17, 15) is 61.7 Å². The molecule has 3 aliphatic rings. The number of allylic oxidation sites excluding steroid dienone is 6. The van der Waals surface area contributed by atoms with Crippen molar-refractivity contribution in [1.29, 1.82) is 0 Å². The third-order valence-electron chi connectivity index (χ3n) is 11.3. The number of amides is 2. The highest BCUT2D eigenvalue weighted by Gasteiger charge is 2.48. The van der Waals surface area contributed by atoms with Gasteiger partial charge in [-0.05, 0) is 88.4 Å². The van der Waals surface area contributed by atoms with Gasteiger partial charge in [0.1, 0.15) is 6.54 Å². The summed E-state index contributed by atoms with van der Waals surface area (Å²) < 4.78 is 127. The van der Waals surface area contributed by atoms with Crippen LogP contribution in [0.3, 0.4) is 0 Å². The summed E-state index contributed by atoms with van der Waals surface area (Å²) in [6, 6.07) is 8.72. The quantitative estimate of drug-likeness (QED) is 0.0771. The minimum atomic E-state index is -4.59. The number of imide groups is 1. The van der Waals surface area contributed by atoms with Gasteiger partial charge < -0.3 is 9.74 Å². The molecule has 62 heavy (non-hydrogen) atoms. The van der Waals surface area contributed by atoms with Gasteiger partial charge in [-0.3, -0.25) is 23.2 Å². The van der Waals surface area contributed by atoms with Crippen molar-refractivity contribution in [3.63, 3.8) is 0 Å². The number of carbonyl (C=O) groups excluding carboxylic acids is 3. The molecule has 0 aromatic heterocycles. The first-order valence-electron chi connectivity index (χ1n) is 19.6. The van der Waals surface area contributed by atoms with E-state index in [0.29, 0.717) is 45.5 Å². The molecule has 0 radical (unpaired) electrons. The number of rotatable bonds is 19. The lowest BCUT2D eigenvalue weighted by molar-refractivity contribution is -0.437. The van der Waals surface area contributed by atoms with Crippen molar-refractivity contribution < 1.29 is 71.1 Å². The number of benzene rings is 2. The summed E-state index contributed by atoms with van der Waals surface area (Å²) in [5, 5.41) is 0.453. The number of anilines is 1. The van der Waals surface area contributed by atoms with Gasteiger partial charge in [0.05, 0.1) is 26.7 Å². The molecule has 3 aliphatic heterocycles. The molecular weight excluding hydrogens is 891 g/mol. The largest absolute Gasteiger partial charge is 0.344 e. The van der Waals surface area contributed by atoms with Crippen molar-refractivity contribution in [2.45, 2.75) is 92.8 Å². The summed E-state index contributed by atoms with van der Waals surface area (Å²) >= 11 is 0. The SMILES string of the molecule is CCN1C(=CC=CC=CC2=[N+](CCCS(=O)(=O)O)c3ccc(S(C)(=O)=O)cc3C2(C)CCCC(=O)ON2C(=O)CCC2=O)C(C)(CCCS(=O)(=O)O)c2cc(S(=O)(=O)O)ccc21. The fraction of sp³-hybridized carbons (Fsp3) is 0.450. The number of hydrogen-bond donors (Lipinski definition) is 3. The van der Waals surface area contributed by atoms with Crippen LogP contribution < -0.4 is 4.90 Å². The molecule has 22 heteroatoms. The van der Waals surface area contributed by atoms with E-state index in [1.54, 1.807) is 54.0 Å². The third kappa shape index (κ3) is 11.0. The van der Waals surface area contributed by atoms with E-state index < -0.39 is 80.3 Å². The molecule has 0 bridgehead atoms. The van der Waals surface area contributed by atoms with E-state index in [2.05, 4.69) is 0 Å². The Morgan fingerprint density at radius 3 is 1.98 bits per heavy atom. The number of hydrogen-bond acceptors (Lipinski definition) is 13. The lowest BCUT2D eigenvalue weighted by atomic mass is 9.75. The second kappa shape index (κ2) is 18.3. The second-order valence-electron chi connectivity index (χ2n) is 15.8. The second-order valence-corrected chi connectivity index (χ2v) is 22.4. The predicted molar refractivity (Wildman–Crippen MR) is 227 cm³/mol. The Hall–Kier alpha value is -4.58. The maximum absolute atomic E-state index is 12.8. The van der Waals surface area contributed by atoms with E-state index in [1.165, 1.54) is 24.3 Å². The standard InChI is InChI=1S/C40H49N3O15S4/c1-5-41-32-18-16-29(62(55,56)57)27-31(32)40(3,22-10-24-60(49,50)51)34(41)12-7-6-8-13-35-39(2,21-9-14-38(46)58-43-36(44)19-20-37(43)45)30-26-28(59(4,47)48)15-17-33(30)42(35)23-11-25-61(52,53)54/h6-8,12-13,15-18,26-27H,5,9-11,14,19-25H2,1-4H3,(H2-,49,50,51,52,53,54,55,56,57)/p+1. The molecule has 5 rings (SSSR count). The van der Waals surface area contributed by atoms with Gasteiger partial charge in [-0.2, -0.15) is 29.8 Å². The molecule has 2 unspecified atom stereocenters. The monoisotopic (exact) mass is 940 g/mol. The van der Waals surface area contributed by atoms with Gasteiger partial charge >= 0.3 is 5.97 Å². The summed E-state index contributed by atoms with van der Waals surface area (Å²) in [5.74, 6) is -3.20. The predicted octanol–water partition coefficient (Wildman–Crippen LogP) is 4.21. The Bertz CT molecular complexity index is 2730. The van der Waals surface area contributed by atoms with Crippen molar-refractivity contribution >= 4 is 75.1 Å². The van der Waals surface area contributed by atoms with E-state index in [4.69, 9.17) is 4.84 Å². The summed E-state index contributed by atoms with van der Waals surface area (Å²) in [5.41, 5.74) is 1.52. The fourth-order valence-corrected chi connectivity index (χ4v) is 10.5. The zero-order valence-electron chi connectivity index (χ0n) is 34.6.